The number of hydrogen-bond donors (Lipinski definition) is 2. The molecule has 0 aromatic carbocycles. The summed E-state index contributed by atoms with van der Waals surface area (Å²) < 4.78 is 11.2. The first-order chi connectivity index (χ1) is 9.27. The number of morpholine rings is 1. The van der Waals surface area contributed by atoms with Crippen molar-refractivity contribution in [2.75, 3.05) is 26.3 Å². The van der Waals surface area contributed by atoms with Crippen molar-refractivity contribution in [3.05, 3.63) is 0 Å². The maximum atomic E-state index is 12.0. The van der Waals surface area contributed by atoms with E-state index >= 15 is 0 Å². The third-order valence-corrected chi connectivity index (χ3v) is 3.91. The second kappa shape index (κ2) is 9.55. The number of amides is 1. The van der Waals surface area contributed by atoms with Gasteiger partial charge in [-0.3, -0.25) is 4.79 Å². The van der Waals surface area contributed by atoms with Crippen LogP contribution in [0.1, 0.15) is 39.0 Å². The smallest absolute Gasteiger partial charge is 0.239 e. The fourth-order valence-electron chi connectivity index (χ4n) is 2.77. The minimum atomic E-state index is -0.233. The highest BCUT2D eigenvalue weighted by molar-refractivity contribution is 5.85. The molecule has 0 aromatic rings. The molecule has 2 aliphatic rings. The van der Waals surface area contributed by atoms with Gasteiger partial charge in [-0.2, -0.15) is 0 Å². The van der Waals surface area contributed by atoms with E-state index in [9.17, 15) is 4.79 Å². The van der Waals surface area contributed by atoms with E-state index < -0.39 is 0 Å². The largest absolute Gasteiger partial charge is 0.376 e. The van der Waals surface area contributed by atoms with Gasteiger partial charge in [-0.1, -0.05) is 19.3 Å². The van der Waals surface area contributed by atoms with Crippen molar-refractivity contribution in [2.24, 2.45) is 0 Å². The standard InChI is InChI=1S/C14H26N2O3.ClH/c1-11-13(15-7-9-18-11)14(17)16-8-10-19-12-5-3-2-4-6-12;/h11-13,15H,2-10H2,1H3,(H,16,17);1H/t11-,13+;/m1./s1. The van der Waals surface area contributed by atoms with Crippen molar-refractivity contribution >= 4 is 18.3 Å². The van der Waals surface area contributed by atoms with Crippen molar-refractivity contribution in [1.29, 1.82) is 0 Å². The Bertz CT molecular complexity index is 286. The molecule has 0 unspecified atom stereocenters. The molecular weight excluding hydrogens is 280 g/mol. The summed E-state index contributed by atoms with van der Waals surface area (Å²) >= 11 is 0. The summed E-state index contributed by atoms with van der Waals surface area (Å²) in [5, 5.41) is 6.10. The molecule has 2 fully saturated rings. The van der Waals surface area contributed by atoms with Crippen LogP contribution in [0.2, 0.25) is 0 Å². The van der Waals surface area contributed by atoms with Crippen LogP contribution in [0.4, 0.5) is 0 Å². The Labute approximate surface area is 127 Å². The van der Waals surface area contributed by atoms with Crippen molar-refractivity contribution in [3.63, 3.8) is 0 Å². The van der Waals surface area contributed by atoms with E-state index in [2.05, 4.69) is 10.6 Å². The second-order valence-corrected chi connectivity index (χ2v) is 5.43. The van der Waals surface area contributed by atoms with Crippen molar-refractivity contribution in [2.45, 2.75) is 57.3 Å². The second-order valence-electron chi connectivity index (χ2n) is 5.43. The van der Waals surface area contributed by atoms with Gasteiger partial charge in [0.2, 0.25) is 5.91 Å². The summed E-state index contributed by atoms with van der Waals surface area (Å²) in [6.45, 7) is 4.53. The Morgan fingerprint density at radius 2 is 2.10 bits per heavy atom. The Kier molecular flexibility index (Phi) is 8.45. The van der Waals surface area contributed by atoms with E-state index in [1.54, 1.807) is 0 Å². The lowest BCUT2D eigenvalue weighted by Crippen LogP contribution is -2.55. The zero-order valence-corrected chi connectivity index (χ0v) is 13.0. The molecule has 0 bridgehead atoms. The molecule has 1 heterocycles. The van der Waals surface area contributed by atoms with E-state index in [4.69, 9.17) is 9.47 Å². The van der Waals surface area contributed by atoms with Crippen LogP contribution in [0.3, 0.4) is 0 Å². The third kappa shape index (κ3) is 5.56. The highest BCUT2D eigenvalue weighted by Crippen LogP contribution is 2.19. The van der Waals surface area contributed by atoms with Gasteiger partial charge in [-0.05, 0) is 19.8 Å². The minimum absolute atomic E-state index is 0. The molecule has 1 aliphatic carbocycles. The molecule has 1 saturated carbocycles. The average Bonchev–Trinajstić information content (AvgIpc) is 2.45. The van der Waals surface area contributed by atoms with E-state index in [-0.39, 0.29) is 30.5 Å². The van der Waals surface area contributed by atoms with Gasteiger partial charge in [-0.25, -0.2) is 0 Å². The van der Waals surface area contributed by atoms with Gasteiger partial charge in [0.25, 0.3) is 0 Å². The molecule has 2 N–H and O–H groups in total. The van der Waals surface area contributed by atoms with Crippen LogP contribution in [-0.4, -0.2) is 50.5 Å². The Hall–Kier alpha value is -0.360. The summed E-state index contributed by atoms with van der Waals surface area (Å²) in [6, 6.07) is -0.233. The third-order valence-electron chi connectivity index (χ3n) is 3.91. The monoisotopic (exact) mass is 306 g/mol. The summed E-state index contributed by atoms with van der Waals surface area (Å²) in [5.41, 5.74) is 0. The number of carbonyl (C=O) groups excluding carboxylic acids is 1. The fraction of sp³-hybridized carbons (Fsp3) is 0.929. The number of ether oxygens (including phenoxy) is 2. The normalized spacial score (nSPS) is 27.6. The van der Waals surface area contributed by atoms with Gasteiger partial charge in [0.1, 0.15) is 6.04 Å². The van der Waals surface area contributed by atoms with Crippen LogP contribution >= 0.6 is 12.4 Å². The van der Waals surface area contributed by atoms with E-state index in [0.717, 1.165) is 6.54 Å². The van der Waals surface area contributed by atoms with Gasteiger partial charge in [0, 0.05) is 13.1 Å². The first-order valence-corrected chi connectivity index (χ1v) is 7.51. The minimum Gasteiger partial charge on any atom is -0.376 e. The van der Waals surface area contributed by atoms with Gasteiger partial charge in [-0.15, -0.1) is 12.4 Å². The number of rotatable bonds is 5. The van der Waals surface area contributed by atoms with Crippen LogP contribution in [-0.2, 0) is 14.3 Å². The molecule has 2 rings (SSSR count). The van der Waals surface area contributed by atoms with Crippen LogP contribution in [0, 0.1) is 0 Å². The Morgan fingerprint density at radius 1 is 1.35 bits per heavy atom. The van der Waals surface area contributed by atoms with Gasteiger partial charge in [0.15, 0.2) is 0 Å². The molecule has 1 saturated heterocycles. The maximum absolute atomic E-state index is 12.0. The molecule has 0 spiro atoms. The molecule has 1 aliphatic heterocycles. The summed E-state index contributed by atoms with van der Waals surface area (Å²) in [4.78, 5) is 12.0. The topological polar surface area (TPSA) is 59.6 Å². The number of nitrogens with one attached hydrogen (secondary N) is 2. The predicted octanol–water partition coefficient (Wildman–Crippen LogP) is 1.25. The van der Waals surface area contributed by atoms with Crippen molar-refractivity contribution < 1.29 is 14.3 Å². The summed E-state index contributed by atoms with van der Waals surface area (Å²) in [7, 11) is 0. The Morgan fingerprint density at radius 3 is 2.80 bits per heavy atom. The highest BCUT2D eigenvalue weighted by atomic mass is 35.5. The molecule has 1 amide bonds. The first-order valence-electron chi connectivity index (χ1n) is 7.51. The lowest BCUT2D eigenvalue weighted by Gasteiger charge is -2.29. The molecule has 6 heteroatoms. The van der Waals surface area contributed by atoms with Crippen molar-refractivity contribution in [3.8, 4) is 0 Å². The predicted molar refractivity (Wildman–Crippen MR) is 80.3 cm³/mol. The lowest BCUT2D eigenvalue weighted by atomic mass is 9.98. The maximum Gasteiger partial charge on any atom is 0.239 e. The molecule has 118 valence electrons. The number of carbonyl (C=O) groups is 1. The zero-order chi connectivity index (χ0) is 13.5. The first kappa shape index (κ1) is 17.7. The van der Waals surface area contributed by atoms with Crippen molar-refractivity contribution in [1.82, 2.24) is 10.6 Å². The molecule has 2 atom stereocenters. The van der Waals surface area contributed by atoms with Crippen LogP contribution in [0.15, 0.2) is 0 Å². The molecule has 0 radical (unpaired) electrons. The number of halogens is 1. The van der Waals surface area contributed by atoms with Gasteiger partial charge in [0.05, 0.1) is 25.4 Å². The van der Waals surface area contributed by atoms with Crippen LogP contribution in [0.5, 0.6) is 0 Å². The average molecular weight is 307 g/mol. The lowest BCUT2D eigenvalue weighted by molar-refractivity contribution is -0.129. The fourth-order valence-corrected chi connectivity index (χ4v) is 2.77. The molecule has 5 nitrogen and oxygen atoms in total. The highest BCUT2D eigenvalue weighted by Gasteiger charge is 2.27. The molecule has 0 aromatic heterocycles. The van der Waals surface area contributed by atoms with Gasteiger partial charge < -0.3 is 20.1 Å². The van der Waals surface area contributed by atoms with E-state index in [0.29, 0.717) is 25.9 Å². The summed E-state index contributed by atoms with van der Waals surface area (Å²) in [6.07, 6.45) is 6.57. The van der Waals surface area contributed by atoms with Gasteiger partial charge >= 0.3 is 0 Å². The molecular formula is C14H27ClN2O3. The van der Waals surface area contributed by atoms with Crippen LogP contribution in [0.25, 0.3) is 0 Å². The quantitative estimate of drug-likeness (QED) is 0.751. The Balaban J connectivity index is 0.00000200. The summed E-state index contributed by atoms with van der Waals surface area (Å²) in [5.74, 6) is 0.0134. The molecule has 20 heavy (non-hydrogen) atoms. The SMILES string of the molecule is C[C@H]1OCCN[C@@H]1C(=O)NCCOC1CCCCC1.Cl. The zero-order valence-electron chi connectivity index (χ0n) is 12.2. The van der Waals surface area contributed by atoms with Crippen LogP contribution < -0.4 is 10.6 Å². The number of hydrogen-bond acceptors (Lipinski definition) is 4. The van der Waals surface area contributed by atoms with E-state index in [1.807, 2.05) is 6.92 Å². The van der Waals surface area contributed by atoms with E-state index in [1.165, 1.54) is 32.1 Å².